The van der Waals surface area contributed by atoms with Gasteiger partial charge in [-0.05, 0) is 54.1 Å². The lowest BCUT2D eigenvalue weighted by Gasteiger charge is -2.01. The number of phenolic OH excluding ortho intramolecular Hbond substituents is 1. The van der Waals surface area contributed by atoms with E-state index in [-0.39, 0.29) is 11.7 Å². The van der Waals surface area contributed by atoms with Crippen molar-refractivity contribution < 1.29 is 9.90 Å². The summed E-state index contributed by atoms with van der Waals surface area (Å²) in [5.74, 6) is -0.119. The molecule has 0 bridgehead atoms. The molecule has 0 radical (unpaired) electrons. The number of amides is 1. The number of carbonyl (C=O) groups is 1. The van der Waals surface area contributed by atoms with Crippen LogP contribution in [0.1, 0.15) is 11.1 Å². The van der Waals surface area contributed by atoms with E-state index in [4.69, 9.17) is 0 Å². The Labute approximate surface area is 131 Å². The highest BCUT2D eigenvalue weighted by molar-refractivity contribution is 8.18. The SMILES string of the molecule is Cc1ccc(N=C2NC(=O)/C(=C/c3cccnc3)S2)c(O)c1. The number of nitrogens with one attached hydrogen (secondary N) is 1. The van der Waals surface area contributed by atoms with Gasteiger partial charge in [0.05, 0.1) is 4.91 Å². The fraction of sp³-hybridized carbons (Fsp3) is 0.0625. The Morgan fingerprint density at radius 2 is 2.23 bits per heavy atom. The molecule has 1 saturated heterocycles. The first-order valence-corrected chi connectivity index (χ1v) is 7.43. The van der Waals surface area contributed by atoms with E-state index >= 15 is 0 Å². The summed E-state index contributed by atoms with van der Waals surface area (Å²) in [7, 11) is 0. The van der Waals surface area contributed by atoms with Gasteiger partial charge in [0, 0.05) is 12.4 Å². The molecular weight excluding hydrogens is 298 g/mol. The molecule has 1 aliphatic heterocycles. The van der Waals surface area contributed by atoms with Crippen LogP contribution in [-0.4, -0.2) is 21.2 Å². The molecule has 1 amide bonds. The van der Waals surface area contributed by atoms with Crippen molar-refractivity contribution in [2.24, 2.45) is 4.99 Å². The summed E-state index contributed by atoms with van der Waals surface area (Å²) in [5, 5.41) is 13.0. The molecule has 1 fully saturated rings. The largest absolute Gasteiger partial charge is 0.506 e. The molecule has 0 spiro atoms. The first-order chi connectivity index (χ1) is 10.6. The van der Waals surface area contributed by atoms with Gasteiger partial charge < -0.3 is 10.4 Å². The third kappa shape index (κ3) is 3.17. The molecule has 1 aliphatic rings. The van der Waals surface area contributed by atoms with Crippen molar-refractivity contribution in [2.75, 3.05) is 0 Å². The second-order valence-corrected chi connectivity index (χ2v) is 5.79. The Balaban J connectivity index is 1.85. The quantitative estimate of drug-likeness (QED) is 0.836. The molecule has 2 N–H and O–H groups in total. The second kappa shape index (κ2) is 6.03. The Kier molecular flexibility index (Phi) is 3.93. The van der Waals surface area contributed by atoms with Gasteiger partial charge >= 0.3 is 0 Å². The highest BCUT2D eigenvalue weighted by Gasteiger charge is 2.24. The molecule has 1 aromatic heterocycles. The molecule has 3 rings (SSSR count). The van der Waals surface area contributed by atoms with Gasteiger partial charge in [-0.2, -0.15) is 0 Å². The number of pyridine rings is 1. The van der Waals surface area contributed by atoms with Gasteiger partial charge in [0.2, 0.25) is 0 Å². The number of amidine groups is 1. The summed E-state index contributed by atoms with van der Waals surface area (Å²) in [6.07, 6.45) is 5.11. The van der Waals surface area contributed by atoms with Crippen LogP contribution in [0, 0.1) is 6.92 Å². The van der Waals surface area contributed by atoms with Gasteiger partial charge in [-0.15, -0.1) is 0 Å². The summed E-state index contributed by atoms with van der Waals surface area (Å²) >= 11 is 1.23. The molecule has 5 nitrogen and oxygen atoms in total. The van der Waals surface area contributed by atoms with Gasteiger partial charge in [-0.3, -0.25) is 9.78 Å². The van der Waals surface area contributed by atoms with E-state index in [0.29, 0.717) is 15.8 Å². The van der Waals surface area contributed by atoms with Crippen LogP contribution in [-0.2, 0) is 4.79 Å². The lowest BCUT2D eigenvalue weighted by molar-refractivity contribution is -0.115. The monoisotopic (exact) mass is 311 g/mol. The maximum Gasteiger partial charge on any atom is 0.264 e. The van der Waals surface area contributed by atoms with Crippen LogP contribution < -0.4 is 5.32 Å². The number of phenols is 1. The second-order valence-electron chi connectivity index (χ2n) is 4.76. The average Bonchev–Trinajstić information content (AvgIpc) is 2.83. The molecule has 22 heavy (non-hydrogen) atoms. The number of aryl methyl sites for hydroxylation is 1. The predicted molar refractivity (Wildman–Crippen MR) is 87.9 cm³/mol. The third-order valence-corrected chi connectivity index (χ3v) is 3.90. The normalized spacial score (nSPS) is 18.0. The van der Waals surface area contributed by atoms with Crippen LogP contribution in [0.15, 0.2) is 52.6 Å². The van der Waals surface area contributed by atoms with E-state index < -0.39 is 0 Å². The molecule has 2 heterocycles. The zero-order chi connectivity index (χ0) is 15.5. The molecule has 0 aliphatic carbocycles. The van der Waals surface area contributed by atoms with Crippen LogP contribution in [0.3, 0.4) is 0 Å². The van der Waals surface area contributed by atoms with Crippen molar-refractivity contribution in [3.05, 3.63) is 58.8 Å². The van der Waals surface area contributed by atoms with E-state index in [2.05, 4.69) is 15.3 Å². The summed E-state index contributed by atoms with van der Waals surface area (Å²) in [6.45, 7) is 1.89. The number of aromatic hydroxyl groups is 1. The number of aromatic nitrogens is 1. The fourth-order valence-electron chi connectivity index (χ4n) is 1.93. The van der Waals surface area contributed by atoms with Crippen molar-refractivity contribution in [1.82, 2.24) is 10.3 Å². The lowest BCUT2D eigenvalue weighted by atomic mass is 10.2. The maximum absolute atomic E-state index is 12.0. The first-order valence-electron chi connectivity index (χ1n) is 6.61. The zero-order valence-corrected chi connectivity index (χ0v) is 12.6. The Morgan fingerprint density at radius 3 is 2.95 bits per heavy atom. The average molecular weight is 311 g/mol. The minimum atomic E-state index is -0.209. The van der Waals surface area contributed by atoms with Crippen molar-refractivity contribution in [3.8, 4) is 5.75 Å². The van der Waals surface area contributed by atoms with Crippen LogP contribution in [0.5, 0.6) is 5.75 Å². The van der Waals surface area contributed by atoms with Gasteiger partial charge in [0.25, 0.3) is 5.91 Å². The smallest absolute Gasteiger partial charge is 0.264 e. The molecule has 0 atom stereocenters. The number of rotatable bonds is 2. The highest BCUT2D eigenvalue weighted by atomic mass is 32.2. The lowest BCUT2D eigenvalue weighted by Crippen LogP contribution is -2.19. The van der Waals surface area contributed by atoms with Crippen LogP contribution in [0.2, 0.25) is 0 Å². The number of thioether (sulfide) groups is 1. The summed E-state index contributed by atoms with van der Waals surface area (Å²) in [6, 6.07) is 8.88. The number of nitrogens with zero attached hydrogens (tertiary/aromatic N) is 2. The van der Waals surface area contributed by atoms with Gasteiger partial charge in [-0.1, -0.05) is 12.1 Å². The number of hydrogen-bond donors (Lipinski definition) is 2. The van der Waals surface area contributed by atoms with Crippen molar-refractivity contribution in [2.45, 2.75) is 6.92 Å². The summed E-state index contributed by atoms with van der Waals surface area (Å²) < 4.78 is 0. The van der Waals surface area contributed by atoms with Crippen LogP contribution >= 0.6 is 11.8 Å². The standard InChI is InChI=1S/C16H13N3O2S/c1-10-4-5-12(13(20)7-10)18-16-19-15(21)14(22-16)8-11-3-2-6-17-9-11/h2-9,20H,1H3,(H,18,19,21)/b14-8-. The van der Waals surface area contributed by atoms with Gasteiger partial charge in [0.15, 0.2) is 5.17 Å². The highest BCUT2D eigenvalue weighted by Crippen LogP contribution is 2.31. The Hall–Kier alpha value is -2.60. The molecule has 1 aromatic carbocycles. The fourth-order valence-corrected chi connectivity index (χ4v) is 2.77. The minimum Gasteiger partial charge on any atom is -0.506 e. The van der Waals surface area contributed by atoms with E-state index in [9.17, 15) is 9.90 Å². The van der Waals surface area contributed by atoms with E-state index in [1.54, 1.807) is 30.6 Å². The Bertz CT molecular complexity index is 785. The van der Waals surface area contributed by atoms with E-state index in [1.165, 1.54) is 11.8 Å². The third-order valence-electron chi connectivity index (χ3n) is 2.99. The Morgan fingerprint density at radius 1 is 1.36 bits per heavy atom. The zero-order valence-electron chi connectivity index (χ0n) is 11.8. The molecule has 6 heteroatoms. The number of hydrogen-bond acceptors (Lipinski definition) is 5. The number of benzene rings is 1. The van der Waals surface area contributed by atoms with Crippen molar-refractivity contribution >= 4 is 34.6 Å². The van der Waals surface area contributed by atoms with Crippen LogP contribution in [0.4, 0.5) is 5.69 Å². The predicted octanol–water partition coefficient (Wildman–Crippen LogP) is 2.99. The van der Waals surface area contributed by atoms with Crippen molar-refractivity contribution in [3.63, 3.8) is 0 Å². The summed E-state index contributed by atoms with van der Waals surface area (Å²) in [4.78, 5) is 20.8. The van der Waals surface area contributed by atoms with E-state index in [1.807, 2.05) is 25.1 Å². The van der Waals surface area contributed by atoms with Gasteiger partial charge in [-0.25, -0.2) is 4.99 Å². The van der Waals surface area contributed by atoms with Gasteiger partial charge in [0.1, 0.15) is 11.4 Å². The molecule has 110 valence electrons. The molecule has 2 aromatic rings. The summed E-state index contributed by atoms with van der Waals surface area (Å²) in [5.41, 5.74) is 2.22. The topological polar surface area (TPSA) is 74.6 Å². The number of carbonyl (C=O) groups excluding carboxylic acids is 1. The van der Waals surface area contributed by atoms with E-state index in [0.717, 1.165) is 11.1 Å². The van der Waals surface area contributed by atoms with Crippen LogP contribution in [0.25, 0.3) is 6.08 Å². The minimum absolute atomic E-state index is 0.0898. The molecule has 0 saturated carbocycles. The molecular formula is C16H13N3O2S. The first kappa shape index (κ1) is 14.3. The van der Waals surface area contributed by atoms with Crippen molar-refractivity contribution in [1.29, 1.82) is 0 Å². The maximum atomic E-state index is 12.0. The molecule has 0 unspecified atom stereocenters. The number of aliphatic imine (C=N–C) groups is 1.